The Labute approximate surface area is 204 Å². The number of aliphatic imine (C=N–C) groups is 1. The summed E-state index contributed by atoms with van der Waals surface area (Å²) in [5.41, 5.74) is 11.7. The van der Waals surface area contributed by atoms with Crippen LogP contribution in [0.25, 0.3) is 49.4 Å². The Morgan fingerprint density at radius 1 is 0.714 bits per heavy atom. The third-order valence-electron chi connectivity index (χ3n) is 8.22. The Morgan fingerprint density at radius 3 is 2.46 bits per heavy atom. The average molecular weight is 449 g/mol. The molecule has 35 heavy (non-hydrogen) atoms. The van der Waals surface area contributed by atoms with E-state index in [4.69, 9.17) is 0 Å². The molecule has 0 spiro atoms. The summed E-state index contributed by atoms with van der Waals surface area (Å²) >= 11 is 0. The highest BCUT2D eigenvalue weighted by molar-refractivity contribution is 6.13. The highest BCUT2D eigenvalue weighted by atomic mass is 15.0. The van der Waals surface area contributed by atoms with Crippen molar-refractivity contribution < 1.29 is 0 Å². The monoisotopic (exact) mass is 448 g/mol. The Kier molecular flexibility index (Phi) is 3.55. The van der Waals surface area contributed by atoms with Gasteiger partial charge in [-0.15, -0.1) is 0 Å². The van der Waals surface area contributed by atoms with Crippen LogP contribution < -0.4 is 0 Å². The van der Waals surface area contributed by atoms with E-state index < -0.39 is 0 Å². The Balaban J connectivity index is 1.50. The standard InChI is InChI=1S/C33H24N2/c1-33(2)27-13-11-20-7-3-4-8-23(20)32(27)26-18-25-24-9-5-6-10-30(24)35(31(25)19-28(26)33)22-12-14-29-21(17-22)15-16-34-29/h3-14,16-19H,15H2,1-2H3. The average Bonchev–Trinajstić information content (AvgIpc) is 3.54. The molecule has 6 aromatic rings. The molecule has 0 unspecified atom stereocenters. The third kappa shape index (κ3) is 2.41. The number of benzene rings is 5. The molecule has 2 nitrogen and oxygen atoms in total. The van der Waals surface area contributed by atoms with E-state index in [0.717, 1.165) is 12.1 Å². The minimum Gasteiger partial charge on any atom is -0.309 e. The van der Waals surface area contributed by atoms with E-state index in [9.17, 15) is 0 Å². The summed E-state index contributed by atoms with van der Waals surface area (Å²) in [5.74, 6) is 0. The Hall–Kier alpha value is -4.17. The second kappa shape index (κ2) is 6.49. The van der Waals surface area contributed by atoms with E-state index in [0.29, 0.717) is 0 Å². The predicted molar refractivity (Wildman–Crippen MR) is 148 cm³/mol. The van der Waals surface area contributed by atoms with Gasteiger partial charge in [0.05, 0.1) is 16.7 Å². The molecule has 5 aromatic carbocycles. The quantitative estimate of drug-likeness (QED) is 0.240. The predicted octanol–water partition coefficient (Wildman–Crippen LogP) is 8.50. The number of aromatic nitrogens is 1. The molecule has 0 radical (unpaired) electrons. The molecule has 2 heterocycles. The van der Waals surface area contributed by atoms with Crippen LogP contribution in [-0.4, -0.2) is 10.8 Å². The lowest BCUT2D eigenvalue weighted by atomic mass is 9.82. The first-order chi connectivity index (χ1) is 17.1. The van der Waals surface area contributed by atoms with Gasteiger partial charge in [0.1, 0.15) is 0 Å². The molecule has 0 saturated heterocycles. The van der Waals surface area contributed by atoms with Crippen LogP contribution in [0.1, 0.15) is 30.5 Å². The fraction of sp³-hybridized carbons (Fsp3) is 0.121. The van der Waals surface area contributed by atoms with Crippen LogP contribution in [0.15, 0.2) is 96.0 Å². The number of fused-ring (bicyclic) bond motifs is 9. The first-order valence-electron chi connectivity index (χ1n) is 12.4. The minimum absolute atomic E-state index is 0.0596. The van der Waals surface area contributed by atoms with Gasteiger partial charge in [-0.25, -0.2) is 0 Å². The summed E-state index contributed by atoms with van der Waals surface area (Å²) in [6.45, 7) is 4.75. The first-order valence-corrected chi connectivity index (χ1v) is 12.4. The number of rotatable bonds is 1. The van der Waals surface area contributed by atoms with Gasteiger partial charge in [0.2, 0.25) is 0 Å². The van der Waals surface area contributed by atoms with Crippen LogP contribution in [-0.2, 0) is 11.8 Å². The summed E-state index contributed by atoms with van der Waals surface area (Å²) < 4.78 is 2.45. The van der Waals surface area contributed by atoms with Crippen molar-refractivity contribution in [3.05, 3.63) is 108 Å². The third-order valence-corrected chi connectivity index (χ3v) is 8.22. The number of para-hydroxylation sites is 1. The molecule has 1 aliphatic carbocycles. The maximum atomic E-state index is 4.53. The fourth-order valence-electron chi connectivity index (χ4n) is 6.49. The van der Waals surface area contributed by atoms with Crippen molar-refractivity contribution in [1.82, 2.24) is 4.57 Å². The highest BCUT2D eigenvalue weighted by Gasteiger charge is 2.37. The zero-order valence-corrected chi connectivity index (χ0v) is 19.8. The Bertz CT molecular complexity index is 1900. The van der Waals surface area contributed by atoms with Gasteiger partial charge < -0.3 is 4.57 Å². The first kappa shape index (κ1) is 19.2. The molecular weight excluding hydrogens is 424 g/mol. The van der Waals surface area contributed by atoms with E-state index in [2.05, 4.69) is 114 Å². The molecular formula is C33H24N2. The number of hydrogen-bond acceptors (Lipinski definition) is 1. The van der Waals surface area contributed by atoms with Crippen molar-refractivity contribution >= 4 is 44.5 Å². The second-order valence-electron chi connectivity index (χ2n) is 10.4. The van der Waals surface area contributed by atoms with Gasteiger partial charge in [-0.1, -0.05) is 68.4 Å². The van der Waals surface area contributed by atoms with Gasteiger partial charge >= 0.3 is 0 Å². The molecule has 1 aliphatic heterocycles. The molecule has 0 fully saturated rings. The van der Waals surface area contributed by atoms with Gasteiger partial charge in [-0.2, -0.15) is 0 Å². The summed E-state index contributed by atoms with van der Waals surface area (Å²) in [5, 5.41) is 5.26. The van der Waals surface area contributed by atoms with Crippen LogP contribution in [0, 0.1) is 0 Å². The van der Waals surface area contributed by atoms with E-state index in [1.165, 1.54) is 66.1 Å². The van der Waals surface area contributed by atoms with Crippen molar-refractivity contribution in [2.24, 2.45) is 4.99 Å². The van der Waals surface area contributed by atoms with Crippen LogP contribution in [0.5, 0.6) is 0 Å². The van der Waals surface area contributed by atoms with Crippen molar-refractivity contribution in [3.63, 3.8) is 0 Å². The second-order valence-corrected chi connectivity index (χ2v) is 10.4. The van der Waals surface area contributed by atoms with Crippen LogP contribution in [0.3, 0.4) is 0 Å². The topological polar surface area (TPSA) is 17.3 Å². The van der Waals surface area contributed by atoms with Crippen LogP contribution >= 0.6 is 0 Å². The molecule has 0 amide bonds. The lowest BCUT2D eigenvalue weighted by Crippen LogP contribution is -2.15. The smallest absolute Gasteiger partial charge is 0.0663 e. The highest BCUT2D eigenvalue weighted by Crippen LogP contribution is 2.53. The van der Waals surface area contributed by atoms with Gasteiger partial charge in [0, 0.05) is 34.5 Å². The summed E-state index contributed by atoms with van der Waals surface area (Å²) in [4.78, 5) is 4.53. The lowest BCUT2D eigenvalue weighted by Gasteiger charge is -2.22. The minimum atomic E-state index is -0.0596. The zero-order chi connectivity index (χ0) is 23.3. The lowest BCUT2D eigenvalue weighted by molar-refractivity contribution is 0.661. The maximum Gasteiger partial charge on any atom is 0.0663 e. The van der Waals surface area contributed by atoms with Gasteiger partial charge in [-0.3, -0.25) is 4.99 Å². The molecule has 0 bridgehead atoms. The van der Waals surface area contributed by atoms with Gasteiger partial charge in [0.25, 0.3) is 0 Å². The van der Waals surface area contributed by atoms with Crippen molar-refractivity contribution in [2.45, 2.75) is 25.7 Å². The van der Waals surface area contributed by atoms with E-state index in [1.807, 2.05) is 6.21 Å². The number of nitrogens with zero attached hydrogens (tertiary/aromatic N) is 2. The SMILES string of the molecule is CC1(C)c2cc3c(cc2-c2c1ccc1ccccc21)c1ccccc1n3-c1ccc2c(c1)CC=N2. The molecule has 1 aromatic heterocycles. The summed E-state index contributed by atoms with van der Waals surface area (Å²) in [6.07, 6.45) is 2.92. The molecule has 0 saturated carbocycles. The van der Waals surface area contributed by atoms with E-state index in [-0.39, 0.29) is 5.41 Å². The van der Waals surface area contributed by atoms with E-state index >= 15 is 0 Å². The van der Waals surface area contributed by atoms with Crippen LogP contribution in [0.2, 0.25) is 0 Å². The molecule has 0 N–H and O–H groups in total. The largest absolute Gasteiger partial charge is 0.309 e. The fourth-order valence-corrected chi connectivity index (χ4v) is 6.49. The molecule has 2 heteroatoms. The summed E-state index contributed by atoms with van der Waals surface area (Å²) in [6, 6.07) is 33.8. The number of hydrogen-bond donors (Lipinski definition) is 0. The van der Waals surface area contributed by atoms with Crippen LogP contribution in [0.4, 0.5) is 5.69 Å². The summed E-state index contributed by atoms with van der Waals surface area (Å²) in [7, 11) is 0. The zero-order valence-electron chi connectivity index (χ0n) is 19.8. The van der Waals surface area contributed by atoms with Crippen molar-refractivity contribution in [3.8, 4) is 16.8 Å². The van der Waals surface area contributed by atoms with Gasteiger partial charge in [0.15, 0.2) is 0 Å². The molecule has 2 aliphatic rings. The van der Waals surface area contributed by atoms with Crippen molar-refractivity contribution in [2.75, 3.05) is 0 Å². The maximum absolute atomic E-state index is 4.53. The Morgan fingerprint density at radius 2 is 1.54 bits per heavy atom. The van der Waals surface area contributed by atoms with Gasteiger partial charge in [-0.05, 0) is 75.0 Å². The van der Waals surface area contributed by atoms with E-state index in [1.54, 1.807) is 0 Å². The normalized spacial score (nSPS) is 15.1. The molecule has 0 atom stereocenters. The molecule has 166 valence electrons. The molecule has 8 rings (SSSR count). The van der Waals surface area contributed by atoms with Crippen molar-refractivity contribution in [1.29, 1.82) is 0 Å².